The molecule has 6 aliphatic rings. The Bertz CT molecular complexity index is 994. The van der Waals surface area contributed by atoms with Crippen LogP contribution in [0.15, 0.2) is 4.99 Å². The molecule has 0 bridgehead atoms. The van der Waals surface area contributed by atoms with Gasteiger partial charge in [0.2, 0.25) is 0 Å². The molecule has 5 fully saturated rings. The molecule has 1 unspecified atom stereocenters. The molecule has 5 heteroatoms. The van der Waals surface area contributed by atoms with Crippen LogP contribution in [0.3, 0.4) is 0 Å². The second-order valence-electron chi connectivity index (χ2n) is 15.2. The van der Waals surface area contributed by atoms with Gasteiger partial charge in [-0.05, 0) is 94.0 Å². The summed E-state index contributed by atoms with van der Waals surface area (Å²) in [7, 11) is 4.24. The lowest BCUT2D eigenvalue weighted by atomic mass is 9.41. The van der Waals surface area contributed by atoms with Gasteiger partial charge >= 0.3 is 0 Å². The number of carbonyl (C=O) groups is 1. The molecule has 6 rings (SSSR count). The summed E-state index contributed by atoms with van der Waals surface area (Å²) in [6, 6.07) is 0.657. The van der Waals surface area contributed by atoms with Gasteiger partial charge in [0, 0.05) is 41.7 Å². The minimum Gasteiger partial charge on any atom is -0.393 e. The number of rotatable bonds is 4. The van der Waals surface area contributed by atoms with E-state index in [9.17, 15) is 9.90 Å². The van der Waals surface area contributed by atoms with Crippen LogP contribution >= 0.6 is 0 Å². The molecule has 0 aromatic heterocycles. The second kappa shape index (κ2) is 7.58. The highest BCUT2D eigenvalue weighted by atomic mass is 16.3. The molecule has 5 nitrogen and oxygen atoms in total. The number of aliphatic imine (C=N–C) groups is 1. The van der Waals surface area contributed by atoms with Crippen molar-refractivity contribution in [2.75, 3.05) is 20.6 Å². The summed E-state index contributed by atoms with van der Waals surface area (Å²) in [6.45, 7) is 15.1. The van der Waals surface area contributed by atoms with E-state index in [1.54, 1.807) is 0 Å². The van der Waals surface area contributed by atoms with Crippen molar-refractivity contribution in [3.63, 3.8) is 0 Å². The van der Waals surface area contributed by atoms with Crippen molar-refractivity contribution in [2.24, 2.45) is 55.7 Å². The molecule has 0 aromatic rings. The molecule has 5 aliphatic carbocycles. The topological polar surface area (TPSA) is 64.9 Å². The van der Waals surface area contributed by atoms with Crippen molar-refractivity contribution >= 4 is 11.6 Å². The van der Waals surface area contributed by atoms with Crippen molar-refractivity contribution < 1.29 is 9.90 Å². The van der Waals surface area contributed by atoms with Gasteiger partial charge in [0.05, 0.1) is 18.0 Å². The quantitative estimate of drug-likeness (QED) is 0.579. The molecular formula is C31H51N3O2. The Hall–Kier alpha value is -0.940. The van der Waals surface area contributed by atoms with Crippen molar-refractivity contribution in [1.29, 1.82) is 0 Å². The van der Waals surface area contributed by atoms with Gasteiger partial charge in [-0.15, -0.1) is 0 Å². The van der Waals surface area contributed by atoms with E-state index in [-0.39, 0.29) is 45.1 Å². The average Bonchev–Trinajstić information content (AvgIpc) is 3.46. The fourth-order valence-corrected chi connectivity index (χ4v) is 11.6. The smallest absolute Gasteiger partial charge is 0.140 e. The third kappa shape index (κ3) is 2.71. The Balaban J connectivity index is 1.36. The normalized spacial score (nSPS) is 54.8. The first-order valence-electron chi connectivity index (χ1n) is 15.0. The number of ketones is 1. The minimum absolute atomic E-state index is 0.0220. The predicted octanol–water partition coefficient (Wildman–Crippen LogP) is 4.92. The molecule has 2 spiro atoms. The molecule has 0 radical (unpaired) electrons. The maximum Gasteiger partial charge on any atom is 0.140 e. The Morgan fingerprint density at radius 2 is 1.81 bits per heavy atom. The van der Waals surface area contributed by atoms with Gasteiger partial charge in [0.25, 0.3) is 0 Å². The zero-order valence-corrected chi connectivity index (χ0v) is 24.2. The Morgan fingerprint density at radius 1 is 1.11 bits per heavy atom. The van der Waals surface area contributed by atoms with Crippen LogP contribution in [0, 0.1) is 50.7 Å². The summed E-state index contributed by atoms with van der Waals surface area (Å²) in [5.41, 5.74) is 0.0539. The summed E-state index contributed by atoms with van der Waals surface area (Å²) in [5.74, 6) is 3.41. The number of aliphatic hydroxyl groups is 1. The van der Waals surface area contributed by atoms with E-state index in [2.05, 4.69) is 65.9 Å². The SMILES string of the molecule is CC[C@H](C)C1=N[C@H]2CCC34C[C@]35C(=O)C[C@]3(C)[C@@H]([C@H](C)N(C)C)[C@H](O)C[C@@]3(C)[C@@H]5CC[C@H]4[C@]2(C)CN1. The maximum absolute atomic E-state index is 14.5. The Labute approximate surface area is 219 Å². The molecular weight excluding hydrogens is 446 g/mol. The van der Waals surface area contributed by atoms with E-state index < -0.39 is 0 Å². The summed E-state index contributed by atoms with van der Waals surface area (Å²) < 4.78 is 0. The molecule has 12 atom stereocenters. The monoisotopic (exact) mass is 497 g/mol. The zero-order valence-electron chi connectivity index (χ0n) is 24.2. The summed E-state index contributed by atoms with van der Waals surface area (Å²) in [5, 5.41) is 15.3. The lowest BCUT2D eigenvalue weighted by Gasteiger charge is -2.63. The molecule has 1 aliphatic heterocycles. The second-order valence-corrected chi connectivity index (χ2v) is 15.2. The maximum atomic E-state index is 14.5. The Morgan fingerprint density at radius 3 is 2.47 bits per heavy atom. The number of carbonyl (C=O) groups excluding carboxylic acids is 1. The molecule has 36 heavy (non-hydrogen) atoms. The van der Waals surface area contributed by atoms with Gasteiger partial charge < -0.3 is 15.3 Å². The van der Waals surface area contributed by atoms with Gasteiger partial charge in [0.1, 0.15) is 5.78 Å². The number of nitrogens with zero attached hydrogens (tertiary/aromatic N) is 2. The third-order valence-corrected chi connectivity index (χ3v) is 14.0. The zero-order chi connectivity index (χ0) is 26.1. The average molecular weight is 498 g/mol. The van der Waals surface area contributed by atoms with Crippen LogP contribution in [0.25, 0.3) is 0 Å². The number of aliphatic hydroxyl groups excluding tert-OH is 1. The van der Waals surface area contributed by atoms with Gasteiger partial charge in [-0.3, -0.25) is 9.79 Å². The van der Waals surface area contributed by atoms with Crippen molar-refractivity contribution in [2.45, 2.75) is 111 Å². The third-order valence-electron chi connectivity index (χ3n) is 14.0. The number of Topliss-reactive ketones (excluding diaryl/α,β-unsaturated/α-hetero) is 1. The number of amidine groups is 1. The van der Waals surface area contributed by atoms with Gasteiger partial charge in [-0.1, -0.05) is 34.6 Å². The van der Waals surface area contributed by atoms with E-state index in [4.69, 9.17) is 4.99 Å². The van der Waals surface area contributed by atoms with Crippen LogP contribution in [-0.2, 0) is 4.79 Å². The molecule has 0 amide bonds. The highest BCUT2D eigenvalue weighted by Crippen LogP contribution is 2.88. The lowest BCUT2D eigenvalue weighted by Crippen LogP contribution is -2.64. The molecule has 2 N–H and O–H groups in total. The number of hydrogen-bond acceptors (Lipinski definition) is 5. The van der Waals surface area contributed by atoms with E-state index in [1.807, 2.05) is 0 Å². The predicted molar refractivity (Wildman–Crippen MR) is 145 cm³/mol. The first-order chi connectivity index (χ1) is 16.8. The summed E-state index contributed by atoms with van der Waals surface area (Å²) in [6.07, 6.45) is 8.09. The highest BCUT2D eigenvalue weighted by molar-refractivity contribution is 5.92. The van der Waals surface area contributed by atoms with Crippen LogP contribution in [0.1, 0.15) is 92.9 Å². The highest BCUT2D eigenvalue weighted by Gasteiger charge is 2.86. The standard InChI is InChI=1S/C31H51N3O2/c1-9-18(2)26-32-17-27(4)21-10-11-22-28(5)14-20(35)25(19(3)34(7)8)29(28,6)15-24(36)31(22)16-30(21,31)13-12-23(27)33-26/h18-23,25,35H,9-17H2,1-8H3,(H,32,33)/t18-,19-,20+,21-,22-,23-,25-,27-,28-,29+,30?,31-/m0/s1. The summed E-state index contributed by atoms with van der Waals surface area (Å²) in [4.78, 5) is 22.1. The van der Waals surface area contributed by atoms with Gasteiger partial charge in [-0.25, -0.2) is 0 Å². The lowest BCUT2D eigenvalue weighted by molar-refractivity contribution is -0.169. The molecule has 202 valence electrons. The minimum atomic E-state index is -0.322. The van der Waals surface area contributed by atoms with Crippen LogP contribution in [-0.4, -0.2) is 60.5 Å². The molecule has 0 saturated heterocycles. The van der Waals surface area contributed by atoms with Crippen LogP contribution < -0.4 is 5.32 Å². The van der Waals surface area contributed by atoms with E-state index >= 15 is 0 Å². The fourth-order valence-electron chi connectivity index (χ4n) is 11.6. The molecule has 5 saturated carbocycles. The van der Waals surface area contributed by atoms with Crippen LogP contribution in [0.5, 0.6) is 0 Å². The van der Waals surface area contributed by atoms with Gasteiger partial charge in [-0.2, -0.15) is 0 Å². The van der Waals surface area contributed by atoms with Crippen LogP contribution in [0.4, 0.5) is 0 Å². The van der Waals surface area contributed by atoms with Crippen molar-refractivity contribution in [3.8, 4) is 0 Å². The van der Waals surface area contributed by atoms with Crippen molar-refractivity contribution in [3.05, 3.63) is 0 Å². The first-order valence-corrected chi connectivity index (χ1v) is 15.0. The first kappa shape index (κ1) is 25.3. The fraction of sp³-hybridized carbons (Fsp3) is 0.935. The summed E-state index contributed by atoms with van der Waals surface area (Å²) >= 11 is 0. The molecule has 1 heterocycles. The van der Waals surface area contributed by atoms with E-state index in [0.29, 0.717) is 36.0 Å². The van der Waals surface area contributed by atoms with Gasteiger partial charge in [0.15, 0.2) is 0 Å². The Kier molecular flexibility index (Phi) is 5.34. The van der Waals surface area contributed by atoms with E-state index in [1.165, 1.54) is 18.7 Å². The number of hydrogen-bond donors (Lipinski definition) is 2. The number of nitrogens with one attached hydrogen (secondary N) is 1. The van der Waals surface area contributed by atoms with Crippen molar-refractivity contribution in [1.82, 2.24) is 10.2 Å². The largest absolute Gasteiger partial charge is 0.393 e. The van der Waals surface area contributed by atoms with E-state index in [0.717, 1.165) is 38.6 Å². The number of fused-ring (bicyclic) bond motifs is 4. The molecule has 0 aromatic carbocycles. The van der Waals surface area contributed by atoms with Crippen LogP contribution in [0.2, 0.25) is 0 Å².